The van der Waals surface area contributed by atoms with Gasteiger partial charge in [-0.1, -0.05) is 18.1 Å². The van der Waals surface area contributed by atoms with Crippen molar-refractivity contribution in [2.75, 3.05) is 0 Å². The summed E-state index contributed by atoms with van der Waals surface area (Å²) >= 11 is -1.22. The van der Waals surface area contributed by atoms with Gasteiger partial charge in [0.25, 0.3) is 0 Å². The predicted molar refractivity (Wildman–Crippen MR) is 83.3 cm³/mol. The summed E-state index contributed by atoms with van der Waals surface area (Å²) in [6, 6.07) is 5.47. The minimum atomic E-state index is -1.22. The Kier molecular flexibility index (Phi) is 4.09. The summed E-state index contributed by atoms with van der Waals surface area (Å²) in [4.78, 5) is 0. The molecule has 4 nitrogen and oxygen atoms in total. The molecule has 0 saturated heterocycles. The molecule has 0 saturated carbocycles. The molecule has 1 aromatic carbocycles. The van der Waals surface area contributed by atoms with Crippen LogP contribution in [0.4, 0.5) is 0 Å². The fourth-order valence-corrected chi connectivity index (χ4v) is 2.69. The van der Waals surface area contributed by atoms with Gasteiger partial charge in [-0.3, -0.25) is 4.68 Å². The maximum absolute atomic E-state index is 12.2. The first-order chi connectivity index (χ1) is 9.34. The van der Waals surface area contributed by atoms with E-state index in [1.165, 1.54) is 0 Å². The Bertz CT molecular complexity index is 651. The van der Waals surface area contributed by atoms with Gasteiger partial charge in [-0.05, 0) is 32.4 Å². The number of hydrogen-bond acceptors (Lipinski definition) is 3. The average Bonchev–Trinajstić information content (AvgIpc) is 2.76. The molecule has 1 heterocycles. The molecule has 2 atom stereocenters. The normalized spacial score (nSPS) is 15.0. The number of rotatable bonds is 3. The molecule has 0 aliphatic carbocycles. The maximum Gasteiger partial charge on any atom is 0.138 e. The first-order valence-corrected chi connectivity index (χ1v) is 7.54. The first kappa shape index (κ1) is 14.9. The van der Waals surface area contributed by atoms with Gasteiger partial charge in [0.15, 0.2) is 0 Å². The lowest BCUT2D eigenvalue weighted by Gasteiger charge is -2.26. The minimum Gasteiger partial charge on any atom is -0.598 e. The van der Waals surface area contributed by atoms with Gasteiger partial charge in [0.05, 0.1) is 11.7 Å². The summed E-state index contributed by atoms with van der Waals surface area (Å²) in [6.07, 6.45) is 7.41. The number of benzene rings is 1. The van der Waals surface area contributed by atoms with Crippen molar-refractivity contribution in [3.05, 3.63) is 30.0 Å². The zero-order valence-electron chi connectivity index (χ0n) is 12.2. The van der Waals surface area contributed by atoms with Crippen molar-refractivity contribution >= 4 is 22.3 Å². The molecule has 2 rings (SSSR count). The Balaban J connectivity index is 2.38. The highest BCUT2D eigenvalue weighted by Gasteiger charge is 2.29. The third-order valence-corrected chi connectivity index (χ3v) is 4.65. The average molecular weight is 289 g/mol. The smallest absolute Gasteiger partial charge is 0.138 e. The molecule has 0 radical (unpaired) electrons. The van der Waals surface area contributed by atoms with Crippen LogP contribution in [0.15, 0.2) is 24.4 Å². The summed E-state index contributed by atoms with van der Waals surface area (Å²) in [5.41, 5.74) is 1.93. The number of terminal acetylenes is 1. The molecule has 20 heavy (non-hydrogen) atoms. The van der Waals surface area contributed by atoms with Gasteiger partial charge in [0, 0.05) is 23.8 Å². The highest BCUT2D eigenvalue weighted by Crippen LogP contribution is 2.26. The van der Waals surface area contributed by atoms with Crippen LogP contribution >= 0.6 is 0 Å². The van der Waals surface area contributed by atoms with Crippen molar-refractivity contribution in [2.24, 2.45) is 7.05 Å². The summed E-state index contributed by atoms with van der Waals surface area (Å²) in [5, 5.41) is 5.23. The van der Waals surface area contributed by atoms with Gasteiger partial charge < -0.3 is 4.55 Å². The fourth-order valence-electron chi connectivity index (χ4n) is 1.92. The SMILES string of the molecule is C#C[C@@H](N[S+]([O-])C(C)(C)C)c1cccc2c1cnn2C. The van der Waals surface area contributed by atoms with Crippen molar-refractivity contribution in [2.45, 2.75) is 31.6 Å². The standard InChI is InChI=1S/C15H19N3OS/c1-6-13(17-20(19)15(2,3)4)11-8-7-9-14-12(11)10-16-18(14)5/h1,7-10,13,17H,2-5H3/t13-,20?/m1/s1. The van der Waals surface area contributed by atoms with E-state index in [9.17, 15) is 4.55 Å². The van der Waals surface area contributed by atoms with Crippen molar-refractivity contribution in [1.29, 1.82) is 0 Å². The van der Waals surface area contributed by atoms with Crippen molar-refractivity contribution in [1.82, 2.24) is 14.5 Å². The van der Waals surface area contributed by atoms with Gasteiger partial charge in [-0.2, -0.15) is 5.10 Å². The van der Waals surface area contributed by atoms with Gasteiger partial charge in [0.2, 0.25) is 0 Å². The van der Waals surface area contributed by atoms with Crippen LogP contribution in [-0.2, 0) is 18.4 Å². The number of nitrogens with one attached hydrogen (secondary N) is 1. The van der Waals surface area contributed by atoms with Crippen molar-refractivity contribution < 1.29 is 4.55 Å². The highest BCUT2D eigenvalue weighted by atomic mass is 32.2. The number of fused-ring (bicyclic) bond motifs is 1. The third-order valence-electron chi connectivity index (χ3n) is 3.08. The quantitative estimate of drug-likeness (QED) is 0.697. The molecule has 1 unspecified atom stereocenters. The maximum atomic E-state index is 12.2. The molecule has 0 aliphatic rings. The van der Waals surface area contributed by atoms with E-state index in [1.54, 1.807) is 10.9 Å². The Morgan fingerprint density at radius 3 is 2.75 bits per heavy atom. The zero-order chi connectivity index (χ0) is 14.9. The molecule has 0 fully saturated rings. The monoisotopic (exact) mass is 289 g/mol. The van der Waals surface area contributed by atoms with Crippen LogP contribution in [0.5, 0.6) is 0 Å². The number of aryl methyl sites for hydroxylation is 1. The highest BCUT2D eigenvalue weighted by molar-refractivity contribution is 7.90. The van der Waals surface area contributed by atoms with E-state index in [1.807, 2.05) is 46.0 Å². The zero-order valence-corrected chi connectivity index (χ0v) is 13.0. The minimum absolute atomic E-state index is 0.363. The van der Waals surface area contributed by atoms with Crippen LogP contribution < -0.4 is 4.72 Å². The van der Waals surface area contributed by atoms with E-state index in [0.29, 0.717) is 0 Å². The Morgan fingerprint density at radius 2 is 2.15 bits per heavy atom. The van der Waals surface area contributed by atoms with Gasteiger partial charge in [0.1, 0.15) is 10.8 Å². The van der Waals surface area contributed by atoms with Gasteiger partial charge in [-0.15, -0.1) is 11.1 Å². The lowest BCUT2D eigenvalue weighted by molar-refractivity contribution is 0.539. The molecular formula is C15H19N3OS. The number of hydrogen-bond donors (Lipinski definition) is 1. The number of aromatic nitrogens is 2. The Labute approximate surface area is 122 Å². The first-order valence-electron chi connectivity index (χ1n) is 6.39. The van der Waals surface area contributed by atoms with Crippen LogP contribution in [-0.4, -0.2) is 19.1 Å². The summed E-state index contributed by atoms with van der Waals surface area (Å²) in [6.45, 7) is 5.73. The van der Waals surface area contributed by atoms with Crippen molar-refractivity contribution in [3.8, 4) is 12.3 Å². The van der Waals surface area contributed by atoms with Crippen LogP contribution in [0.3, 0.4) is 0 Å². The van der Waals surface area contributed by atoms with E-state index >= 15 is 0 Å². The van der Waals surface area contributed by atoms with Gasteiger partial charge in [-0.25, -0.2) is 0 Å². The molecule has 0 spiro atoms. The number of nitrogens with zero attached hydrogens (tertiary/aromatic N) is 2. The van der Waals surface area contributed by atoms with E-state index in [4.69, 9.17) is 6.42 Å². The third kappa shape index (κ3) is 2.83. The van der Waals surface area contributed by atoms with Crippen LogP contribution in [0.2, 0.25) is 0 Å². The molecule has 5 heteroatoms. The second-order valence-corrected chi connectivity index (χ2v) is 7.64. The molecule has 106 valence electrons. The largest absolute Gasteiger partial charge is 0.598 e. The molecule has 0 amide bonds. The van der Waals surface area contributed by atoms with Crippen LogP contribution in [0.1, 0.15) is 32.4 Å². The van der Waals surface area contributed by atoms with E-state index < -0.39 is 17.4 Å². The summed E-state index contributed by atoms with van der Waals surface area (Å²) in [7, 11) is 1.89. The Hall–Kier alpha value is -1.48. The summed E-state index contributed by atoms with van der Waals surface area (Å²) < 4.78 is 16.7. The van der Waals surface area contributed by atoms with Crippen molar-refractivity contribution in [3.63, 3.8) is 0 Å². The molecule has 1 aromatic heterocycles. The lowest BCUT2D eigenvalue weighted by atomic mass is 10.0. The molecular weight excluding hydrogens is 270 g/mol. The second-order valence-electron chi connectivity index (χ2n) is 5.65. The second kappa shape index (κ2) is 5.49. The van der Waals surface area contributed by atoms with Crippen LogP contribution in [0.25, 0.3) is 10.9 Å². The summed E-state index contributed by atoms with van der Waals surface area (Å²) in [5.74, 6) is 2.68. The van der Waals surface area contributed by atoms with E-state index in [-0.39, 0.29) is 4.75 Å². The molecule has 2 aromatic rings. The fraction of sp³-hybridized carbons (Fsp3) is 0.400. The molecule has 0 bridgehead atoms. The Morgan fingerprint density at radius 1 is 1.45 bits per heavy atom. The predicted octanol–water partition coefficient (Wildman–Crippen LogP) is 2.30. The van der Waals surface area contributed by atoms with Gasteiger partial charge >= 0.3 is 0 Å². The molecule has 1 N–H and O–H groups in total. The topological polar surface area (TPSA) is 52.9 Å². The lowest BCUT2D eigenvalue weighted by Crippen LogP contribution is -2.41. The van der Waals surface area contributed by atoms with Crippen LogP contribution in [0, 0.1) is 12.3 Å². The van der Waals surface area contributed by atoms with E-state index in [0.717, 1.165) is 16.5 Å². The molecule has 0 aliphatic heterocycles. The van der Waals surface area contributed by atoms with E-state index in [2.05, 4.69) is 15.7 Å².